The Morgan fingerprint density at radius 1 is 1.24 bits per heavy atom. The summed E-state index contributed by atoms with van der Waals surface area (Å²) in [4.78, 5) is 14.0. The van der Waals surface area contributed by atoms with E-state index in [2.05, 4.69) is 9.71 Å². The molecule has 1 N–H and O–H groups in total. The number of nitrogens with one attached hydrogen (secondary N) is 1. The van der Waals surface area contributed by atoms with Crippen molar-refractivity contribution in [2.45, 2.75) is 18.4 Å². The largest absolute Gasteiger partial charge is 0.273 e. The molecule has 0 aliphatic carbocycles. The van der Waals surface area contributed by atoms with Gasteiger partial charge in [0.1, 0.15) is 0 Å². The molecule has 21 heavy (non-hydrogen) atoms. The first-order valence-corrected chi connectivity index (χ1v) is 7.52. The monoisotopic (exact) mass is 307 g/mol. The van der Waals surface area contributed by atoms with Crippen LogP contribution in [0.5, 0.6) is 0 Å². The summed E-state index contributed by atoms with van der Waals surface area (Å²) in [6, 6.07) is 7.18. The van der Waals surface area contributed by atoms with Crippen LogP contribution in [0.25, 0.3) is 0 Å². The first kappa shape index (κ1) is 15.1. The molecule has 0 saturated carbocycles. The lowest BCUT2D eigenvalue weighted by Crippen LogP contribution is -2.23. The third-order valence-electron chi connectivity index (χ3n) is 2.90. The number of nitrogens with zero attached hydrogens (tertiary/aromatic N) is 2. The molecule has 0 bridgehead atoms. The van der Waals surface area contributed by atoms with Crippen LogP contribution < -0.4 is 4.72 Å². The summed E-state index contributed by atoms with van der Waals surface area (Å²) in [5.41, 5.74) is 0.935. The molecule has 0 aliphatic heterocycles. The maximum absolute atomic E-state index is 12.1. The minimum Gasteiger partial charge on any atom is -0.265 e. The summed E-state index contributed by atoms with van der Waals surface area (Å²) in [6.07, 6.45) is 3.11. The van der Waals surface area contributed by atoms with Crippen molar-refractivity contribution in [2.24, 2.45) is 0 Å². The average molecular weight is 307 g/mol. The second kappa shape index (κ2) is 5.98. The van der Waals surface area contributed by atoms with Gasteiger partial charge in [-0.2, -0.15) is 0 Å². The smallest absolute Gasteiger partial charge is 0.265 e. The third-order valence-corrected chi connectivity index (χ3v) is 4.30. The molecule has 1 aromatic heterocycles. The zero-order valence-electron chi connectivity index (χ0n) is 11.2. The Morgan fingerprint density at radius 3 is 2.52 bits per heavy atom. The second-order valence-electron chi connectivity index (χ2n) is 4.39. The van der Waals surface area contributed by atoms with Gasteiger partial charge in [-0.1, -0.05) is 6.07 Å². The molecule has 0 fully saturated rings. The molecule has 1 aromatic carbocycles. The van der Waals surface area contributed by atoms with E-state index in [4.69, 9.17) is 0 Å². The zero-order chi connectivity index (χ0) is 15.5. The number of sulfonamides is 1. The third kappa shape index (κ3) is 3.61. The summed E-state index contributed by atoms with van der Waals surface area (Å²) in [7, 11) is -3.81. The van der Waals surface area contributed by atoms with Crippen molar-refractivity contribution in [3.8, 4) is 0 Å². The highest BCUT2D eigenvalue weighted by Gasteiger charge is 2.19. The minimum absolute atomic E-state index is 0.0898. The zero-order valence-corrected chi connectivity index (χ0v) is 12.0. The Kier molecular flexibility index (Phi) is 4.29. The van der Waals surface area contributed by atoms with E-state index in [9.17, 15) is 18.5 Å². The maximum atomic E-state index is 12.1. The molecule has 0 spiro atoms. The van der Waals surface area contributed by atoms with Crippen molar-refractivity contribution in [1.82, 2.24) is 9.71 Å². The van der Waals surface area contributed by atoms with Crippen molar-refractivity contribution >= 4 is 15.7 Å². The fraction of sp³-hybridized carbons (Fsp3) is 0.154. The Balaban J connectivity index is 2.24. The molecule has 0 radical (unpaired) electrons. The van der Waals surface area contributed by atoms with E-state index >= 15 is 0 Å². The lowest BCUT2D eigenvalue weighted by atomic mass is 10.2. The van der Waals surface area contributed by atoms with Gasteiger partial charge >= 0.3 is 0 Å². The molecular weight excluding hydrogens is 294 g/mol. The van der Waals surface area contributed by atoms with Crippen LogP contribution in [0.4, 0.5) is 5.69 Å². The Hall–Kier alpha value is -2.32. The molecule has 2 rings (SSSR count). The first-order valence-electron chi connectivity index (χ1n) is 6.04. The van der Waals surface area contributed by atoms with Crippen LogP contribution in [0, 0.1) is 17.0 Å². The normalized spacial score (nSPS) is 11.3. The van der Waals surface area contributed by atoms with Crippen molar-refractivity contribution in [3.05, 3.63) is 64.0 Å². The number of nitro benzene ring substituents is 1. The van der Waals surface area contributed by atoms with E-state index in [0.717, 1.165) is 11.6 Å². The number of hydrogen-bond acceptors (Lipinski definition) is 5. The molecule has 0 atom stereocenters. The SMILES string of the molecule is Cc1ccc(S(=O)(=O)NCc2ccncc2)cc1[N+](=O)[O-]. The molecular formula is C13H13N3O4S. The number of benzene rings is 1. The second-order valence-corrected chi connectivity index (χ2v) is 6.15. The molecule has 0 saturated heterocycles. The molecule has 8 heteroatoms. The summed E-state index contributed by atoms with van der Waals surface area (Å²) in [5, 5.41) is 10.9. The minimum atomic E-state index is -3.81. The maximum Gasteiger partial charge on any atom is 0.273 e. The number of aryl methyl sites for hydroxylation is 1. The standard InChI is InChI=1S/C13H13N3O4S/c1-10-2-3-12(8-13(10)16(17)18)21(19,20)15-9-11-4-6-14-7-5-11/h2-8,15H,9H2,1H3. The average Bonchev–Trinajstić information content (AvgIpc) is 2.46. The predicted octanol–water partition coefficient (Wildman–Crippen LogP) is 1.78. The molecule has 0 aliphatic rings. The van der Waals surface area contributed by atoms with E-state index in [1.165, 1.54) is 12.1 Å². The van der Waals surface area contributed by atoms with Gasteiger partial charge in [0.25, 0.3) is 5.69 Å². The van der Waals surface area contributed by atoms with Crippen LogP contribution in [0.1, 0.15) is 11.1 Å². The Morgan fingerprint density at radius 2 is 1.90 bits per heavy atom. The highest BCUT2D eigenvalue weighted by atomic mass is 32.2. The number of pyridine rings is 1. The van der Waals surface area contributed by atoms with Crippen molar-refractivity contribution in [2.75, 3.05) is 0 Å². The van der Waals surface area contributed by atoms with Crippen molar-refractivity contribution in [1.29, 1.82) is 0 Å². The number of nitro groups is 1. The highest BCUT2D eigenvalue weighted by molar-refractivity contribution is 7.89. The Bertz CT molecular complexity index is 760. The molecule has 0 amide bonds. The Labute approximate surface area is 121 Å². The van der Waals surface area contributed by atoms with Gasteiger partial charge in [-0.05, 0) is 30.7 Å². The molecule has 0 unspecified atom stereocenters. The van der Waals surface area contributed by atoms with Gasteiger partial charge in [-0.25, -0.2) is 13.1 Å². The van der Waals surface area contributed by atoms with Crippen LogP contribution in [0.3, 0.4) is 0 Å². The highest BCUT2D eigenvalue weighted by Crippen LogP contribution is 2.22. The van der Waals surface area contributed by atoms with E-state index in [-0.39, 0.29) is 17.1 Å². The number of hydrogen-bond donors (Lipinski definition) is 1. The van der Waals surface area contributed by atoms with Crippen LogP contribution in [0.2, 0.25) is 0 Å². The topological polar surface area (TPSA) is 102 Å². The summed E-state index contributed by atoms with van der Waals surface area (Å²) < 4.78 is 26.7. The van der Waals surface area contributed by atoms with E-state index in [1.807, 2.05) is 0 Å². The fourth-order valence-corrected chi connectivity index (χ4v) is 2.75. The van der Waals surface area contributed by atoms with Crippen molar-refractivity contribution < 1.29 is 13.3 Å². The van der Waals surface area contributed by atoms with Gasteiger partial charge in [-0.3, -0.25) is 15.1 Å². The number of rotatable bonds is 5. The van der Waals surface area contributed by atoms with Gasteiger partial charge in [0, 0.05) is 30.6 Å². The van der Waals surface area contributed by atoms with Crippen LogP contribution in [0.15, 0.2) is 47.6 Å². The molecule has 2 aromatic rings. The van der Waals surface area contributed by atoms with E-state index in [0.29, 0.717) is 5.56 Å². The lowest BCUT2D eigenvalue weighted by molar-refractivity contribution is -0.385. The van der Waals surface area contributed by atoms with Crippen LogP contribution in [-0.2, 0) is 16.6 Å². The van der Waals surface area contributed by atoms with Crippen LogP contribution >= 0.6 is 0 Å². The van der Waals surface area contributed by atoms with E-state index in [1.54, 1.807) is 31.5 Å². The molecule has 110 valence electrons. The lowest BCUT2D eigenvalue weighted by Gasteiger charge is -2.07. The number of aromatic nitrogens is 1. The predicted molar refractivity (Wildman–Crippen MR) is 76.1 cm³/mol. The van der Waals surface area contributed by atoms with Gasteiger partial charge in [0.15, 0.2) is 0 Å². The van der Waals surface area contributed by atoms with E-state index < -0.39 is 14.9 Å². The summed E-state index contributed by atoms with van der Waals surface area (Å²) >= 11 is 0. The van der Waals surface area contributed by atoms with Gasteiger partial charge < -0.3 is 0 Å². The van der Waals surface area contributed by atoms with Gasteiger partial charge in [0.2, 0.25) is 10.0 Å². The molecule has 1 heterocycles. The first-order chi connectivity index (χ1) is 9.90. The summed E-state index contributed by atoms with van der Waals surface area (Å²) in [6.45, 7) is 1.64. The van der Waals surface area contributed by atoms with Crippen LogP contribution in [-0.4, -0.2) is 18.3 Å². The van der Waals surface area contributed by atoms with Gasteiger partial charge in [0.05, 0.1) is 9.82 Å². The summed E-state index contributed by atoms with van der Waals surface area (Å²) in [5.74, 6) is 0. The van der Waals surface area contributed by atoms with Crippen molar-refractivity contribution in [3.63, 3.8) is 0 Å². The van der Waals surface area contributed by atoms with Gasteiger partial charge in [-0.15, -0.1) is 0 Å². The quantitative estimate of drug-likeness (QED) is 0.670. The fourth-order valence-electron chi connectivity index (χ4n) is 1.72. The molecule has 7 nitrogen and oxygen atoms in total.